The Kier molecular flexibility index (Phi) is 11.2. The molecule has 0 unspecified atom stereocenters. The number of hydrogen-bond donors (Lipinski definition) is 0. The van der Waals surface area contributed by atoms with Gasteiger partial charge >= 0.3 is 47.6 Å². The van der Waals surface area contributed by atoms with Crippen LogP contribution in [0, 0.1) is 41.0 Å². The Morgan fingerprint density at radius 3 is 1.14 bits per heavy atom. The molecule has 0 amide bonds. The molecule has 0 heterocycles. The normalized spacial score (nSPS) is 24.1. The summed E-state index contributed by atoms with van der Waals surface area (Å²) in [7, 11) is 0. The molecule has 0 spiro atoms. The quantitative estimate of drug-likeness (QED) is 0.155. The standard InChI is InChI=1S/C29H27F21/c1-2-3-12-4-6-13(7-5-12)14-8-10-15(11-9-14)16-18(30)20(32)17(21(33)19(16)31)22(34,35)23(36,37)24(38,39)25(40,41)26(42,43)27(44,45)28(46,47)29(48,49)50/h12-15H,2-11H2,1H3/t12-,13-,14-,15-. The molecule has 0 N–H and O–H groups in total. The van der Waals surface area contributed by atoms with Gasteiger partial charge in [0.15, 0.2) is 23.3 Å². The maximum atomic E-state index is 15.0. The van der Waals surface area contributed by atoms with Gasteiger partial charge in [0.25, 0.3) is 0 Å². The highest BCUT2D eigenvalue weighted by atomic mass is 19.4. The van der Waals surface area contributed by atoms with Crippen molar-refractivity contribution >= 4 is 0 Å². The molecule has 290 valence electrons. The third-order valence-electron chi connectivity index (χ3n) is 9.77. The maximum Gasteiger partial charge on any atom is 0.460 e. The maximum absolute atomic E-state index is 15.0. The van der Waals surface area contributed by atoms with Crippen molar-refractivity contribution in [2.24, 2.45) is 17.8 Å². The van der Waals surface area contributed by atoms with E-state index in [1.807, 2.05) is 6.92 Å². The SMILES string of the molecule is CCC[C@H]1CC[C@H]([C@H]2CC[C@H](c3c(F)c(F)c(C(F)(F)C(F)(F)C(F)(F)C(F)(F)C(F)(F)C(F)(F)C(F)(F)C(F)(F)F)c(F)c3F)CC2)CC1. The Morgan fingerprint density at radius 1 is 0.440 bits per heavy atom. The van der Waals surface area contributed by atoms with Crippen molar-refractivity contribution in [3.8, 4) is 0 Å². The van der Waals surface area contributed by atoms with Gasteiger partial charge in [-0.05, 0) is 62.2 Å². The lowest BCUT2D eigenvalue weighted by molar-refractivity contribution is -0.463. The monoisotopic (exact) mass is 774 g/mol. The van der Waals surface area contributed by atoms with E-state index in [0.29, 0.717) is 5.92 Å². The summed E-state index contributed by atoms with van der Waals surface area (Å²) >= 11 is 0. The van der Waals surface area contributed by atoms with Gasteiger partial charge in [-0.25, -0.2) is 17.6 Å². The lowest BCUT2D eigenvalue weighted by atomic mass is 9.68. The van der Waals surface area contributed by atoms with Gasteiger partial charge in [-0.3, -0.25) is 0 Å². The molecule has 1 aromatic rings. The van der Waals surface area contributed by atoms with E-state index in [1.54, 1.807) is 0 Å². The Morgan fingerprint density at radius 2 is 0.780 bits per heavy atom. The minimum Gasteiger partial charge on any atom is -0.203 e. The van der Waals surface area contributed by atoms with Crippen LogP contribution in [0.2, 0.25) is 0 Å². The molecule has 0 saturated heterocycles. The van der Waals surface area contributed by atoms with Crippen LogP contribution < -0.4 is 0 Å². The van der Waals surface area contributed by atoms with Crippen molar-refractivity contribution in [2.75, 3.05) is 0 Å². The average Bonchev–Trinajstić information content (AvgIpc) is 3.00. The zero-order valence-electron chi connectivity index (χ0n) is 25.3. The molecule has 3 rings (SSSR count). The number of hydrogen-bond acceptors (Lipinski definition) is 0. The highest BCUT2D eigenvalue weighted by Gasteiger charge is 2.95. The molecule has 2 aliphatic rings. The molecule has 2 fully saturated rings. The van der Waals surface area contributed by atoms with Gasteiger partial charge in [-0.1, -0.05) is 32.6 Å². The van der Waals surface area contributed by atoms with Crippen LogP contribution in [0.25, 0.3) is 0 Å². The lowest BCUT2D eigenvalue weighted by Gasteiger charge is -2.43. The van der Waals surface area contributed by atoms with Crippen molar-refractivity contribution in [2.45, 2.75) is 125 Å². The van der Waals surface area contributed by atoms with Crippen LogP contribution in [0.5, 0.6) is 0 Å². The Balaban J connectivity index is 1.99. The van der Waals surface area contributed by atoms with Gasteiger partial charge < -0.3 is 0 Å². The summed E-state index contributed by atoms with van der Waals surface area (Å²) in [5.41, 5.74) is -5.81. The van der Waals surface area contributed by atoms with Crippen LogP contribution in [0.15, 0.2) is 0 Å². The van der Waals surface area contributed by atoms with Crippen LogP contribution in [-0.4, -0.2) is 41.7 Å². The van der Waals surface area contributed by atoms with E-state index in [1.165, 1.54) is 0 Å². The highest BCUT2D eigenvalue weighted by molar-refractivity contribution is 5.37. The van der Waals surface area contributed by atoms with Gasteiger partial charge in [-0.2, -0.15) is 74.6 Å². The predicted molar refractivity (Wildman–Crippen MR) is 131 cm³/mol. The molecule has 2 aliphatic carbocycles. The van der Waals surface area contributed by atoms with Crippen LogP contribution in [0.1, 0.15) is 88.2 Å². The molecule has 2 saturated carbocycles. The molecular formula is C29H27F21. The van der Waals surface area contributed by atoms with Gasteiger partial charge in [0.05, 0.1) is 0 Å². The lowest BCUT2D eigenvalue weighted by Crippen LogP contribution is -2.74. The van der Waals surface area contributed by atoms with Crippen molar-refractivity contribution in [3.63, 3.8) is 0 Å². The van der Waals surface area contributed by atoms with Gasteiger partial charge in [0.2, 0.25) is 0 Å². The van der Waals surface area contributed by atoms with E-state index in [0.717, 1.165) is 38.5 Å². The molecule has 1 aromatic carbocycles. The fourth-order valence-corrected chi connectivity index (χ4v) is 6.84. The summed E-state index contributed by atoms with van der Waals surface area (Å²) in [6.07, 6.45) is -2.84. The minimum atomic E-state index is -9.02. The van der Waals surface area contributed by atoms with Gasteiger partial charge in [0, 0.05) is 5.56 Å². The first-order chi connectivity index (χ1) is 22.4. The van der Waals surface area contributed by atoms with E-state index in [-0.39, 0.29) is 37.5 Å². The summed E-state index contributed by atoms with van der Waals surface area (Å²) in [6, 6.07) is 0. The highest BCUT2D eigenvalue weighted by Crippen LogP contribution is 2.65. The first-order valence-electron chi connectivity index (χ1n) is 15.0. The first kappa shape index (κ1) is 42.2. The van der Waals surface area contributed by atoms with Gasteiger partial charge in [0.1, 0.15) is 5.56 Å². The molecular weight excluding hydrogens is 747 g/mol. The third kappa shape index (κ3) is 6.18. The first-order valence-corrected chi connectivity index (χ1v) is 15.0. The fourth-order valence-electron chi connectivity index (χ4n) is 6.84. The zero-order chi connectivity index (χ0) is 38.8. The molecule has 21 heteroatoms. The van der Waals surface area contributed by atoms with Crippen LogP contribution in [0.4, 0.5) is 92.2 Å². The molecule has 0 radical (unpaired) electrons. The number of alkyl halides is 17. The van der Waals surface area contributed by atoms with Crippen molar-refractivity contribution in [1.82, 2.24) is 0 Å². The second kappa shape index (κ2) is 13.3. The van der Waals surface area contributed by atoms with Gasteiger partial charge in [-0.15, -0.1) is 0 Å². The van der Waals surface area contributed by atoms with Crippen molar-refractivity contribution in [1.29, 1.82) is 0 Å². The summed E-state index contributed by atoms with van der Waals surface area (Å²) in [6.45, 7) is 2.01. The largest absolute Gasteiger partial charge is 0.460 e. The fraction of sp³-hybridized carbons (Fsp3) is 0.793. The molecule has 0 bridgehead atoms. The molecule has 0 aliphatic heterocycles. The summed E-state index contributed by atoms with van der Waals surface area (Å²) in [5, 5.41) is 0. The Labute approximate surface area is 269 Å². The van der Waals surface area contributed by atoms with Crippen LogP contribution in [0.3, 0.4) is 0 Å². The smallest absolute Gasteiger partial charge is 0.203 e. The van der Waals surface area contributed by atoms with Crippen molar-refractivity contribution in [3.05, 3.63) is 34.4 Å². The van der Waals surface area contributed by atoms with Crippen LogP contribution >= 0.6 is 0 Å². The zero-order valence-corrected chi connectivity index (χ0v) is 25.3. The topological polar surface area (TPSA) is 0 Å². The molecule has 0 nitrogen and oxygen atoms in total. The number of halogens is 21. The minimum absolute atomic E-state index is 0.0533. The Hall–Kier alpha value is -2.25. The van der Waals surface area contributed by atoms with Crippen molar-refractivity contribution < 1.29 is 92.2 Å². The summed E-state index contributed by atoms with van der Waals surface area (Å²) in [4.78, 5) is 0. The molecule has 0 atom stereocenters. The third-order valence-corrected chi connectivity index (χ3v) is 9.77. The van der Waals surface area contributed by atoms with E-state index < -0.39 is 87.9 Å². The number of rotatable bonds is 11. The van der Waals surface area contributed by atoms with E-state index in [9.17, 15) is 92.2 Å². The van der Waals surface area contributed by atoms with Crippen LogP contribution in [-0.2, 0) is 5.92 Å². The Bertz CT molecular complexity index is 1330. The second-order valence-corrected chi connectivity index (χ2v) is 12.7. The predicted octanol–water partition coefficient (Wildman–Crippen LogP) is 12.6. The molecule has 50 heavy (non-hydrogen) atoms. The van der Waals surface area contributed by atoms with E-state index in [4.69, 9.17) is 0 Å². The molecule has 0 aromatic heterocycles. The summed E-state index contributed by atoms with van der Waals surface area (Å²) in [5.74, 6) is -74.5. The average molecular weight is 774 g/mol. The van der Waals surface area contributed by atoms with E-state index >= 15 is 0 Å². The van der Waals surface area contributed by atoms with E-state index in [2.05, 4.69) is 0 Å². The second-order valence-electron chi connectivity index (χ2n) is 12.7. The summed E-state index contributed by atoms with van der Waals surface area (Å²) < 4.78 is 291. The number of benzene rings is 1.